The molecular weight excluding hydrogens is 539 g/mol. The van der Waals surface area contributed by atoms with Gasteiger partial charge in [0, 0.05) is 36.6 Å². The molecule has 176 valence electrons. The average Bonchev–Trinajstić information content (AvgIpc) is 3.40. The van der Waals surface area contributed by atoms with E-state index in [-0.39, 0.29) is 35.4 Å². The smallest absolute Gasteiger partial charge is 0.191 e. The van der Waals surface area contributed by atoms with E-state index in [2.05, 4.69) is 39.8 Å². The molecule has 0 radical (unpaired) electrons. The summed E-state index contributed by atoms with van der Waals surface area (Å²) in [6, 6.07) is 8.63. The second-order valence-corrected chi connectivity index (χ2v) is 9.07. The Balaban J connectivity index is 0.00000289. The number of rotatable bonds is 7. The first-order valence-electron chi connectivity index (χ1n) is 11.3. The maximum atomic E-state index is 6.13. The number of aliphatic imine (C=N–C) groups is 1. The lowest BCUT2D eigenvalue weighted by Crippen LogP contribution is -2.47. The number of benzene rings is 1. The summed E-state index contributed by atoms with van der Waals surface area (Å²) in [6.07, 6.45) is 6.77. The van der Waals surface area contributed by atoms with Crippen LogP contribution in [0.5, 0.6) is 0 Å². The lowest BCUT2D eigenvalue weighted by molar-refractivity contribution is 0.177. The highest BCUT2D eigenvalue weighted by atomic mass is 127. The van der Waals surface area contributed by atoms with Crippen LogP contribution in [0.25, 0.3) is 0 Å². The molecule has 9 heteroatoms. The number of methoxy groups -OCH3 is 1. The van der Waals surface area contributed by atoms with Crippen molar-refractivity contribution in [1.29, 1.82) is 0 Å². The maximum Gasteiger partial charge on any atom is 0.191 e. The van der Waals surface area contributed by atoms with Gasteiger partial charge in [0.25, 0.3) is 0 Å². The van der Waals surface area contributed by atoms with Crippen molar-refractivity contribution >= 4 is 41.5 Å². The summed E-state index contributed by atoms with van der Waals surface area (Å²) in [4.78, 5) is 9.62. The Morgan fingerprint density at radius 3 is 2.72 bits per heavy atom. The molecule has 7 nitrogen and oxygen atoms in total. The quantitative estimate of drug-likeness (QED) is 0.297. The third-order valence-electron chi connectivity index (χ3n) is 6.42. The van der Waals surface area contributed by atoms with E-state index in [9.17, 15) is 0 Å². The Morgan fingerprint density at radius 1 is 1.28 bits per heavy atom. The normalized spacial score (nSPS) is 19.8. The first-order chi connectivity index (χ1) is 15.1. The average molecular weight is 573 g/mol. The van der Waals surface area contributed by atoms with Crippen molar-refractivity contribution in [3.8, 4) is 0 Å². The van der Waals surface area contributed by atoms with Gasteiger partial charge >= 0.3 is 0 Å². The predicted octanol–water partition coefficient (Wildman–Crippen LogP) is 4.08. The second kappa shape index (κ2) is 11.7. The Kier molecular flexibility index (Phi) is 9.19. The number of hydrogen-bond acceptors (Lipinski definition) is 4. The fourth-order valence-corrected chi connectivity index (χ4v) is 4.93. The van der Waals surface area contributed by atoms with Crippen molar-refractivity contribution in [2.75, 3.05) is 20.2 Å². The molecule has 4 rings (SSSR count). The zero-order valence-electron chi connectivity index (χ0n) is 18.9. The zero-order chi connectivity index (χ0) is 21.7. The number of halogens is 2. The Hall–Kier alpha value is -1.39. The molecule has 32 heavy (non-hydrogen) atoms. The molecule has 1 aliphatic carbocycles. The van der Waals surface area contributed by atoms with Gasteiger partial charge in [-0.15, -0.1) is 24.0 Å². The van der Waals surface area contributed by atoms with Gasteiger partial charge in [-0.25, -0.2) is 9.67 Å². The maximum absolute atomic E-state index is 6.13. The largest absolute Gasteiger partial charge is 0.377 e. The SMILES string of the molecule is CCNC(=NCC1(c2ccc(Cl)cc2)CCCC1)NC1CCc2nc(COC)nn2C1.I. The summed E-state index contributed by atoms with van der Waals surface area (Å²) in [5.41, 5.74) is 1.46. The van der Waals surface area contributed by atoms with E-state index in [0.717, 1.165) is 55.1 Å². The van der Waals surface area contributed by atoms with Crippen molar-refractivity contribution in [3.63, 3.8) is 0 Å². The van der Waals surface area contributed by atoms with Crippen LogP contribution < -0.4 is 10.6 Å². The number of nitrogens with one attached hydrogen (secondary N) is 2. The second-order valence-electron chi connectivity index (χ2n) is 8.63. The van der Waals surface area contributed by atoms with Gasteiger partial charge < -0.3 is 15.4 Å². The number of nitrogens with zero attached hydrogens (tertiary/aromatic N) is 4. The Morgan fingerprint density at radius 2 is 2.03 bits per heavy atom. The number of aromatic nitrogens is 3. The fraction of sp³-hybridized carbons (Fsp3) is 0.609. The molecule has 0 spiro atoms. The number of ether oxygens (including phenoxy) is 1. The molecule has 1 atom stereocenters. The fourth-order valence-electron chi connectivity index (χ4n) is 4.81. The lowest BCUT2D eigenvalue weighted by atomic mass is 9.79. The van der Waals surface area contributed by atoms with Gasteiger partial charge in [-0.3, -0.25) is 4.99 Å². The molecule has 0 amide bonds. The first-order valence-corrected chi connectivity index (χ1v) is 11.7. The summed E-state index contributed by atoms with van der Waals surface area (Å²) in [7, 11) is 1.67. The van der Waals surface area contributed by atoms with E-state index in [1.807, 2.05) is 16.8 Å². The molecule has 0 bridgehead atoms. The van der Waals surface area contributed by atoms with Gasteiger partial charge in [-0.05, 0) is 43.9 Å². The molecule has 2 aromatic rings. The van der Waals surface area contributed by atoms with Crippen molar-refractivity contribution in [1.82, 2.24) is 25.4 Å². The Labute approximate surface area is 212 Å². The standard InChI is InChI=1S/C23H33ClN6O.HI/c1-3-25-22(27-19-10-11-21-28-20(15-31-2)29-30(21)14-19)26-16-23(12-4-5-13-23)17-6-8-18(24)9-7-17;/h6-9,19H,3-5,10-16H2,1-2H3,(H2,25,26,27);1H. The van der Waals surface area contributed by atoms with Crippen LogP contribution in [-0.2, 0) is 29.7 Å². The molecule has 2 aliphatic rings. The minimum absolute atomic E-state index is 0. The highest BCUT2D eigenvalue weighted by Gasteiger charge is 2.35. The van der Waals surface area contributed by atoms with E-state index < -0.39 is 0 Å². The van der Waals surface area contributed by atoms with Crippen molar-refractivity contribution in [3.05, 3.63) is 46.5 Å². The summed E-state index contributed by atoms with van der Waals surface area (Å²) in [5.74, 6) is 2.68. The molecule has 1 fully saturated rings. The summed E-state index contributed by atoms with van der Waals surface area (Å²) in [6.45, 7) is 4.96. The van der Waals surface area contributed by atoms with Crippen LogP contribution >= 0.6 is 35.6 Å². The third kappa shape index (κ3) is 5.94. The van der Waals surface area contributed by atoms with E-state index >= 15 is 0 Å². The minimum Gasteiger partial charge on any atom is -0.377 e. The van der Waals surface area contributed by atoms with E-state index in [1.165, 1.54) is 31.2 Å². The minimum atomic E-state index is 0. The third-order valence-corrected chi connectivity index (χ3v) is 6.67. The molecule has 0 saturated heterocycles. The predicted molar refractivity (Wildman–Crippen MR) is 139 cm³/mol. The van der Waals surface area contributed by atoms with E-state index in [1.54, 1.807) is 7.11 Å². The van der Waals surface area contributed by atoms with Gasteiger partial charge in [0.1, 0.15) is 12.4 Å². The van der Waals surface area contributed by atoms with Gasteiger partial charge in [0.15, 0.2) is 11.8 Å². The summed E-state index contributed by atoms with van der Waals surface area (Å²) in [5, 5.41) is 12.4. The van der Waals surface area contributed by atoms with Crippen LogP contribution in [0.3, 0.4) is 0 Å². The number of aryl methyl sites for hydroxylation is 1. The molecule has 2 N–H and O–H groups in total. The highest BCUT2D eigenvalue weighted by molar-refractivity contribution is 14.0. The first kappa shape index (κ1) is 25.2. The van der Waals surface area contributed by atoms with Crippen LogP contribution in [0, 0.1) is 0 Å². The van der Waals surface area contributed by atoms with Crippen LogP contribution in [-0.4, -0.2) is 47.0 Å². The van der Waals surface area contributed by atoms with Gasteiger partial charge in [-0.1, -0.05) is 36.6 Å². The Bertz CT molecular complexity index is 894. The van der Waals surface area contributed by atoms with Crippen LogP contribution in [0.4, 0.5) is 0 Å². The zero-order valence-corrected chi connectivity index (χ0v) is 22.0. The van der Waals surface area contributed by atoms with Crippen LogP contribution in [0.1, 0.15) is 56.2 Å². The van der Waals surface area contributed by atoms with E-state index in [0.29, 0.717) is 6.61 Å². The molecule has 1 unspecified atom stereocenters. The molecule has 1 aromatic carbocycles. The van der Waals surface area contributed by atoms with Crippen molar-refractivity contribution < 1.29 is 4.74 Å². The van der Waals surface area contributed by atoms with Crippen molar-refractivity contribution in [2.45, 2.75) is 70.1 Å². The molecule has 2 heterocycles. The topological polar surface area (TPSA) is 76.4 Å². The van der Waals surface area contributed by atoms with Gasteiger partial charge in [-0.2, -0.15) is 5.10 Å². The van der Waals surface area contributed by atoms with E-state index in [4.69, 9.17) is 21.3 Å². The van der Waals surface area contributed by atoms with Crippen molar-refractivity contribution in [2.24, 2.45) is 4.99 Å². The van der Waals surface area contributed by atoms with Gasteiger partial charge in [0.2, 0.25) is 0 Å². The summed E-state index contributed by atoms with van der Waals surface area (Å²) >= 11 is 6.13. The summed E-state index contributed by atoms with van der Waals surface area (Å²) < 4.78 is 7.18. The number of guanidine groups is 1. The molecular formula is C23H34ClIN6O. The molecule has 1 aliphatic heterocycles. The molecule has 1 saturated carbocycles. The van der Waals surface area contributed by atoms with Crippen LogP contribution in [0.15, 0.2) is 29.3 Å². The highest BCUT2D eigenvalue weighted by Crippen LogP contribution is 2.41. The lowest BCUT2D eigenvalue weighted by Gasteiger charge is -2.29. The number of hydrogen-bond donors (Lipinski definition) is 2. The van der Waals surface area contributed by atoms with Gasteiger partial charge in [0.05, 0.1) is 13.1 Å². The monoisotopic (exact) mass is 572 g/mol. The molecule has 1 aromatic heterocycles. The van der Waals surface area contributed by atoms with Crippen LogP contribution in [0.2, 0.25) is 5.02 Å². The number of fused-ring (bicyclic) bond motifs is 1.